The minimum absolute atomic E-state index is 0.0490. The molecule has 1 aliphatic rings. The highest BCUT2D eigenvalue weighted by molar-refractivity contribution is 6.33. The number of rotatable bonds is 3. The van der Waals surface area contributed by atoms with Gasteiger partial charge in [-0.15, -0.1) is 0 Å². The van der Waals surface area contributed by atoms with Gasteiger partial charge in [0, 0.05) is 24.7 Å². The van der Waals surface area contributed by atoms with E-state index in [1.54, 1.807) is 6.07 Å². The van der Waals surface area contributed by atoms with E-state index in [2.05, 4.69) is 41.4 Å². The van der Waals surface area contributed by atoms with E-state index in [1.807, 2.05) is 18.2 Å². The quantitative estimate of drug-likeness (QED) is 0.899. The lowest BCUT2D eigenvalue weighted by molar-refractivity contribution is -0.120. The molecule has 4 heteroatoms. The van der Waals surface area contributed by atoms with Crippen LogP contribution < -0.4 is 10.2 Å². The maximum absolute atomic E-state index is 12.4. The first-order valence-electron chi connectivity index (χ1n) is 8.00. The van der Waals surface area contributed by atoms with Gasteiger partial charge in [-0.05, 0) is 44.0 Å². The minimum atomic E-state index is 0.0490. The van der Waals surface area contributed by atoms with Gasteiger partial charge in [-0.3, -0.25) is 4.79 Å². The van der Waals surface area contributed by atoms with E-state index >= 15 is 0 Å². The fraction of sp³-hybridized carbons (Fsp3) is 0.316. The molecule has 2 aromatic carbocycles. The van der Waals surface area contributed by atoms with Crippen LogP contribution in [-0.4, -0.2) is 19.0 Å². The topological polar surface area (TPSA) is 32.3 Å². The Balaban J connectivity index is 1.57. The Hall–Kier alpha value is -2.00. The monoisotopic (exact) mass is 328 g/mol. The van der Waals surface area contributed by atoms with Gasteiger partial charge in [-0.2, -0.15) is 0 Å². The van der Waals surface area contributed by atoms with Crippen LogP contribution in [0.5, 0.6) is 0 Å². The third kappa shape index (κ3) is 3.85. The molecule has 0 bridgehead atoms. The fourth-order valence-corrected chi connectivity index (χ4v) is 3.14. The van der Waals surface area contributed by atoms with E-state index in [0.717, 1.165) is 25.9 Å². The summed E-state index contributed by atoms with van der Waals surface area (Å²) >= 11 is 6.10. The van der Waals surface area contributed by atoms with Gasteiger partial charge in [-0.25, -0.2) is 0 Å². The number of nitrogens with zero attached hydrogens (tertiary/aromatic N) is 1. The van der Waals surface area contributed by atoms with Crippen LogP contribution in [0, 0.1) is 12.8 Å². The first-order chi connectivity index (χ1) is 11.1. The summed E-state index contributed by atoms with van der Waals surface area (Å²) in [6, 6.07) is 15.9. The SMILES string of the molecule is Cc1ccc(N2CCC(C(=O)Nc3ccccc3Cl)CC2)cc1. The number of halogens is 1. The van der Waals surface area contributed by atoms with E-state index in [-0.39, 0.29) is 11.8 Å². The molecule has 0 aromatic heterocycles. The van der Waals surface area contributed by atoms with Crippen LogP contribution in [0.4, 0.5) is 11.4 Å². The molecule has 0 atom stereocenters. The molecule has 0 spiro atoms. The highest BCUT2D eigenvalue weighted by Gasteiger charge is 2.25. The number of carbonyl (C=O) groups is 1. The molecule has 3 rings (SSSR count). The van der Waals surface area contributed by atoms with Crippen LogP contribution in [0.25, 0.3) is 0 Å². The molecule has 0 saturated carbocycles. The Labute approximate surface area is 142 Å². The van der Waals surface area contributed by atoms with Crippen LogP contribution >= 0.6 is 11.6 Å². The Bertz CT molecular complexity index is 676. The smallest absolute Gasteiger partial charge is 0.227 e. The third-order valence-corrected chi connectivity index (χ3v) is 4.73. The van der Waals surface area contributed by atoms with E-state index in [1.165, 1.54) is 11.3 Å². The van der Waals surface area contributed by atoms with Gasteiger partial charge in [-0.1, -0.05) is 41.4 Å². The Kier molecular flexibility index (Phi) is 4.87. The average molecular weight is 329 g/mol. The summed E-state index contributed by atoms with van der Waals surface area (Å²) < 4.78 is 0. The normalized spacial score (nSPS) is 15.5. The van der Waals surface area contributed by atoms with Crippen LogP contribution in [0.1, 0.15) is 18.4 Å². The van der Waals surface area contributed by atoms with Gasteiger partial charge in [0.05, 0.1) is 10.7 Å². The first-order valence-corrected chi connectivity index (χ1v) is 8.38. The number of para-hydroxylation sites is 1. The molecule has 23 heavy (non-hydrogen) atoms. The molecule has 1 aliphatic heterocycles. The highest BCUT2D eigenvalue weighted by atomic mass is 35.5. The summed E-state index contributed by atoms with van der Waals surface area (Å²) in [6.45, 7) is 3.91. The number of anilines is 2. The van der Waals surface area contributed by atoms with Crippen molar-refractivity contribution in [1.82, 2.24) is 0 Å². The molecule has 3 nitrogen and oxygen atoms in total. The van der Waals surface area contributed by atoms with Gasteiger partial charge in [0.1, 0.15) is 0 Å². The van der Waals surface area contributed by atoms with Gasteiger partial charge in [0.15, 0.2) is 0 Å². The van der Waals surface area contributed by atoms with Crippen molar-refractivity contribution >= 4 is 28.9 Å². The zero-order chi connectivity index (χ0) is 16.2. The maximum atomic E-state index is 12.4. The Morgan fingerprint density at radius 2 is 1.74 bits per heavy atom. The van der Waals surface area contributed by atoms with Crippen molar-refractivity contribution in [1.29, 1.82) is 0 Å². The average Bonchev–Trinajstić information content (AvgIpc) is 2.58. The van der Waals surface area contributed by atoms with Crippen molar-refractivity contribution in [2.24, 2.45) is 5.92 Å². The third-order valence-electron chi connectivity index (χ3n) is 4.40. The van der Waals surface area contributed by atoms with E-state index in [9.17, 15) is 4.79 Å². The number of amides is 1. The molecule has 2 aromatic rings. The zero-order valence-corrected chi connectivity index (χ0v) is 14.0. The predicted molar refractivity (Wildman–Crippen MR) is 96.2 cm³/mol. The molecule has 0 unspecified atom stereocenters. The summed E-state index contributed by atoms with van der Waals surface area (Å²) in [5.74, 6) is 0.120. The van der Waals surface area contributed by atoms with Crippen molar-refractivity contribution < 1.29 is 4.79 Å². The molecular weight excluding hydrogens is 308 g/mol. The van der Waals surface area contributed by atoms with Gasteiger partial charge < -0.3 is 10.2 Å². The molecule has 0 radical (unpaired) electrons. The van der Waals surface area contributed by atoms with E-state index < -0.39 is 0 Å². The molecular formula is C19H21ClN2O. The number of piperidine rings is 1. The lowest BCUT2D eigenvalue weighted by atomic mass is 9.95. The fourth-order valence-electron chi connectivity index (χ4n) is 2.95. The van der Waals surface area contributed by atoms with Crippen molar-refractivity contribution in [3.05, 3.63) is 59.1 Å². The molecule has 1 fully saturated rings. The van der Waals surface area contributed by atoms with Crippen LogP contribution in [0.2, 0.25) is 5.02 Å². The van der Waals surface area contributed by atoms with Crippen LogP contribution in [-0.2, 0) is 4.79 Å². The number of benzene rings is 2. The molecule has 1 N–H and O–H groups in total. The summed E-state index contributed by atoms with van der Waals surface area (Å²) in [4.78, 5) is 14.8. The molecule has 1 heterocycles. The summed E-state index contributed by atoms with van der Waals surface area (Å²) in [5.41, 5.74) is 3.20. The largest absolute Gasteiger partial charge is 0.371 e. The summed E-state index contributed by atoms with van der Waals surface area (Å²) in [7, 11) is 0. The van der Waals surface area contributed by atoms with Crippen molar-refractivity contribution in [2.45, 2.75) is 19.8 Å². The van der Waals surface area contributed by atoms with Gasteiger partial charge in [0.2, 0.25) is 5.91 Å². The van der Waals surface area contributed by atoms with Crippen molar-refractivity contribution in [3.63, 3.8) is 0 Å². The highest BCUT2D eigenvalue weighted by Crippen LogP contribution is 2.26. The molecule has 1 saturated heterocycles. The second-order valence-electron chi connectivity index (χ2n) is 6.07. The second kappa shape index (κ2) is 7.05. The Morgan fingerprint density at radius 1 is 1.09 bits per heavy atom. The van der Waals surface area contributed by atoms with E-state index in [0.29, 0.717) is 10.7 Å². The zero-order valence-electron chi connectivity index (χ0n) is 13.3. The lowest BCUT2D eigenvalue weighted by Crippen LogP contribution is -2.38. The first kappa shape index (κ1) is 15.9. The minimum Gasteiger partial charge on any atom is -0.371 e. The maximum Gasteiger partial charge on any atom is 0.227 e. The van der Waals surface area contributed by atoms with Gasteiger partial charge in [0.25, 0.3) is 0 Å². The number of aryl methyl sites for hydroxylation is 1. The van der Waals surface area contributed by atoms with E-state index in [4.69, 9.17) is 11.6 Å². The number of hydrogen-bond acceptors (Lipinski definition) is 2. The van der Waals surface area contributed by atoms with Crippen molar-refractivity contribution in [2.75, 3.05) is 23.3 Å². The van der Waals surface area contributed by atoms with Gasteiger partial charge >= 0.3 is 0 Å². The molecule has 120 valence electrons. The molecule has 1 amide bonds. The summed E-state index contributed by atoms with van der Waals surface area (Å²) in [6.07, 6.45) is 1.73. The number of carbonyl (C=O) groups excluding carboxylic acids is 1. The number of hydrogen-bond donors (Lipinski definition) is 1. The predicted octanol–water partition coefficient (Wildman–Crippen LogP) is 4.50. The van der Waals surface area contributed by atoms with Crippen LogP contribution in [0.15, 0.2) is 48.5 Å². The lowest BCUT2D eigenvalue weighted by Gasteiger charge is -2.33. The number of nitrogens with one attached hydrogen (secondary N) is 1. The standard InChI is InChI=1S/C19H21ClN2O/c1-14-6-8-16(9-7-14)22-12-10-15(11-13-22)19(23)21-18-5-3-2-4-17(18)20/h2-9,15H,10-13H2,1H3,(H,21,23). The van der Waals surface area contributed by atoms with Crippen molar-refractivity contribution in [3.8, 4) is 0 Å². The second-order valence-corrected chi connectivity index (χ2v) is 6.47. The van der Waals surface area contributed by atoms with Crippen LogP contribution in [0.3, 0.4) is 0 Å². The molecule has 0 aliphatic carbocycles. The summed E-state index contributed by atoms with van der Waals surface area (Å²) in [5, 5.41) is 3.53. The Morgan fingerprint density at radius 3 is 2.39 bits per heavy atom.